The second kappa shape index (κ2) is 7.48. The van der Waals surface area contributed by atoms with Gasteiger partial charge < -0.3 is 15.6 Å². The highest BCUT2D eigenvalue weighted by molar-refractivity contribution is 7.12. The van der Waals surface area contributed by atoms with E-state index < -0.39 is 6.04 Å². The quantitative estimate of drug-likeness (QED) is 0.633. The molecule has 1 aromatic carbocycles. The van der Waals surface area contributed by atoms with Crippen LogP contribution in [0, 0.1) is 5.82 Å². The molecule has 7 heteroatoms. The van der Waals surface area contributed by atoms with E-state index in [2.05, 4.69) is 15.6 Å². The lowest BCUT2D eigenvalue weighted by molar-refractivity contribution is -0.122. The average molecular weight is 359 g/mol. The number of carbonyl (C=O) groups is 2. The molecule has 25 heavy (non-hydrogen) atoms. The third kappa shape index (κ3) is 4.06. The van der Waals surface area contributed by atoms with Crippen LogP contribution in [-0.2, 0) is 11.2 Å². The van der Waals surface area contributed by atoms with Gasteiger partial charge in [-0.3, -0.25) is 9.59 Å². The van der Waals surface area contributed by atoms with Crippen LogP contribution in [0.25, 0.3) is 10.9 Å². The van der Waals surface area contributed by atoms with Gasteiger partial charge >= 0.3 is 0 Å². The predicted molar refractivity (Wildman–Crippen MR) is 96.2 cm³/mol. The smallest absolute Gasteiger partial charge is 0.261 e. The van der Waals surface area contributed by atoms with Crippen LogP contribution < -0.4 is 10.6 Å². The standard InChI is InChI=1S/C18H18FN3O2S/c1-11(22-18(24)16-3-2-8-25-16)17(23)20-7-6-12-10-21-15-9-13(19)4-5-14(12)15/h2-5,8-11,21H,6-7H2,1H3,(H,20,23)(H,22,24)/t11-/m1/s1. The van der Waals surface area contributed by atoms with Gasteiger partial charge in [-0.1, -0.05) is 6.07 Å². The van der Waals surface area contributed by atoms with Crippen LogP contribution in [0.3, 0.4) is 0 Å². The minimum Gasteiger partial charge on any atom is -0.361 e. The van der Waals surface area contributed by atoms with Gasteiger partial charge in [0.2, 0.25) is 5.91 Å². The first-order chi connectivity index (χ1) is 12.0. The monoisotopic (exact) mass is 359 g/mol. The number of fused-ring (bicyclic) bond motifs is 1. The van der Waals surface area contributed by atoms with E-state index in [1.807, 2.05) is 11.6 Å². The number of thiophene rings is 1. The minimum absolute atomic E-state index is 0.240. The van der Waals surface area contributed by atoms with Gasteiger partial charge in [0.1, 0.15) is 11.9 Å². The highest BCUT2D eigenvalue weighted by atomic mass is 32.1. The summed E-state index contributed by atoms with van der Waals surface area (Å²) in [5.74, 6) is -0.781. The number of aromatic amines is 1. The van der Waals surface area contributed by atoms with Gasteiger partial charge in [0.05, 0.1) is 4.88 Å². The summed E-state index contributed by atoms with van der Waals surface area (Å²) < 4.78 is 13.2. The highest BCUT2D eigenvalue weighted by Gasteiger charge is 2.16. The molecule has 0 unspecified atom stereocenters. The van der Waals surface area contributed by atoms with E-state index in [0.717, 1.165) is 16.5 Å². The van der Waals surface area contributed by atoms with Gasteiger partial charge in [-0.2, -0.15) is 0 Å². The van der Waals surface area contributed by atoms with Crippen molar-refractivity contribution in [3.8, 4) is 0 Å². The molecule has 0 aliphatic rings. The van der Waals surface area contributed by atoms with E-state index in [1.165, 1.54) is 23.5 Å². The number of halogens is 1. The maximum atomic E-state index is 13.2. The zero-order chi connectivity index (χ0) is 17.8. The summed E-state index contributed by atoms with van der Waals surface area (Å²) in [6.07, 6.45) is 2.43. The molecule has 0 spiro atoms. The summed E-state index contributed by atoms with van der Waals surface area (Å²) in [4.78, 5) is 27.6. The van der Waals surface area contributed by atoms with Crippen molar-refractivity contribution in [2.45, 2.75) is 19.4 Å². The molecule has 0 aliphatic carbocycles. The van der Waals surface area contributed by atoms with Crippen molar-refractivity contribution in [2.24, 2.45) is 0 Å². The zero-order valence-corrected chi connectivity index (χ0v) is 14.5. The van der Waals surface area contributed by atoms with E-state index in [-0.39, 0.29) is 17.6 Å². The molecule has 0 bridgehead atoms. The molecule has 130 valence electrons. The lowest BCUT2D eigenvalue weighted by atomic mass is 10.1. The van der Waals surface area contributed by atoms with Crippen LogP contribution in [0.4, 0.5) is 4.39 Å². The first-order valence-electron chi connectivity index (χ1n) is 7.92. The van der Waals surface area contributed by atoms with Crippen molar-refractivity contribution in [1.82, 2.24) is 15.6 Å². The first-order valence-corrected chi connectivity index (χ1v) is 8.80. The normalized spacial score (nSPS) is 12.1. The Labute approximate surface area is 148 Å². The maximum Gasteiger partial charge on any atom is 0.261 e. The van der Waals surface area contributed by atoms with E-state index in [1.54, 1.807) is 25.1 Å². The topological polar surface area (TPSA) is 74.0 Å². The van der Waals surface area contributed by atoms with Gasteiger partial charge in [-0.15, -0.1) is 11.3 Å². The van der Waals surface area contributed by atoms with Crippen molar-refractivity contribution in [3.05, 3.63) is 58.2 Å². The molecule has 2 heterocycles. The number of H-pyrrole nitrogens is 1. The van der Waals surface area contributed by atoms with E-state index >= 15 is 0 Å². The number of hydrogen-bond acceptors (Lipinski definition) is 3. The molecule has 0 aliphatic heterocycles. The molecular weight excluding hydrogens is 341 g/mol. The molecule has 3 N–H and O–H groups in total. The van der Waals surface area contributed by atoms with Crippen molar-refractivity contribution in [1.29, 1.82) is 0 Å². The maximum absolute atomic E-state index is 13.2. The molecule has 0 fully saturated rings. The number of nitrogens with one attached hydrogen (secondary N) is 3. The number of benzene rings is 1. The third-order valence-corrected chi connectivity index (χ3v) is 4.78. The van der Waals surface area contributed by atoms with E-state index in [0.29, 0.717) is 17.8 Å². The molecule has 3 rings (SSSR count). The Morgan fingerprint density at radius 3 is 2.92 bits per heavy atom. The summed E-state index contributed by atoms with van der Waals surface area (Å²) in [6.45, 7) is 2.08. The van der Waals surface area contributed by atoms with Crippen molar-refractivity contribution in [2.75, 3.05) is 6.54 Å². The van der Waals surface area contributed by atoms with Crippen LogP contribution in [0.1, 0.15) is 22.2 Å². The molecule has 0 saturated heterocycles. The van der Waals surface area contributed by atoms with Crippen LogP contribution in [0.15, 0.2) is 41.9 Å². The Kier molecular flexibility index (Phi) is 5.14. The SMILES string of the molecule is C[C@@H](NC(=O)c1cccs1)C(=O)NCCc1c[nH]c2cc(F)ccc12. The number of carbonyl (C=O) groups excluding carboxylic acids is 2. The molecular formula is C18H18FN3O2S. The van der Waals surface area contributed by atoms with Crippen LogP contribution in [0.5, 0.6) is 0 Å². The highest BCUT2D eigenvalue weighted by Crippen LogP contribution is 2.19. The van der Waals surface area contributed by atoms with Gasteiger partial charge in [0, 0.05) is 23.6 Å². The summed E-state index contributed by atoms with van der Waals surface area (Å²) in [6, 6.07) is 7.47. The minimum atomic E-state index is -0.619. The molecule has 2 amide bonds. The number of aromatic nitrogens is 1. The fourth-order valence-electron chi connectivity index (χ4n) is 2.58. The second-order valence-corrected chi connectivity index (χ2v) is 6.66. The van der Waals surface area contributed by atoms with Crippen molar-refractivity contribution < 1.29 is 14.0 Å². The van der Waals surface area contributed by atoms with Crippen LogP contribution in [0.2, 0.25) is 0 Å². The molecule has 3 aromatic rings. The van der Waals surface area contributed by atoms with Gasteiger partial charge in [0.25, 0.3) is 5.91 Å². The number of amides is 2. The van der Waals surface area contributed by atoms with Crippen molar-refractivity contribution in [3.63, 3.8) is 0 Å². The average Bonchev–Trinajstić information content (AvgIpc) is 3.24. The fourth-order valence-corrected chi connectivity index (χ4v) is 3.21. The third-order valence-electron chi connectivity index (χ3n) is 3.91. The van der Waals surface area contributed by atoms with Gasteiger partial charge in [-0.25, -0.2) is 4.39 Å². The zero-order valence-electron chi connectivity index (χ0n) is 13.6. The Balaban J connectivity index is 1.50. The van der Waals surface area contributed by atoms with Crippen LogP contribution >= 0.6 is 11.3 Å². The summed E-state index contributed by atoms with van der Waals surface area (Å²) in [5, 5.41) is 8.23. The molecule has 2 aromatic heterocycles. The Hall–Kier alpha value is -2.67. The fraction of sp³-hybridized carbons (Fsp3) is 0.222. The van der Waals surface area contributed by atoms with E-state index in [9.17, 15) is 14.0 Å². The Bertz CT molecular complexity index is 889. The van der Waals surface area contributed by atoms with E-state index in [4.69, 9.17) is 0 Å². The lowest BCUT2D eigenvalue weighted by Gasteiger charge is -2.13. The second-order valence-electron chi connectivity index (χ2n) is 5.72. The van der Waals surface area contributed by atoms with Gasteiger partial charge in [-0.05, 0) is 48.6 Å². The number of rotatable bonds is 6. The lowest BCUT2D eigenvalue weighted by Crippen LogP contribution is -2.45. The molecule has 0 saturated carbocycles. The molecule has 0 radical (unpaired) electrons. The van der Waals surface area contributed by atoms with Crippen LogP contribution in [-0.4, -0.2) is 29.4 Å². The van der Waals surface area contributed by atoms with Gasteiger partial charge in [0.15, 0.2) is 0 Å². The summed E-state index contributed by atoms with van der Waals surface area (Å²) in [7, 11) is 0. The summed E-state index contributed by atoms with van der Waals surface area (Å²) >= 11 is 1.33. The molecule has 1 atom stereocenters. The predicted octanol–water partition coefficient (Wildman–Crippen LogP) is 2.85. The number of hydrogen-bond donors (Lipinski definition) is 3. The first kappa shape index (κ1) is 17.2. The molecule has 5 nitrogen and oxygen atoms in total. The summed E-state index contributed by atoms with van der Waals surface area (Å²) in [5.41, 5.74) is 1.74. The Morgan fingerprint density at radius 1 is 1.32 bits per heavy atom. The largest absolute Gasteiger partial charge is 0.361 e. The van der Waals surface area contributed by atoms with Crippen molar-refractivity contribution >= 4 is 34.1 Å². The Morgan fingerprint density at radius 2 is 2.16 bits per heavy atom.